The van der Waals surface area contributed by atoms with Crippen LogP contribution in [0, 0.1) is 0 Å². The molecule has 25 heavy (non-hydrogen) atoms. The van der Waals surface area contributed by atoms with Crippen LogP contribution in [-0.4, -0.2) is 35.9 Å². The minimum Gasteiger partial charge on any atom is -0.507 e. The van der Waals surface area contributed by atoms with Gasteiger partial charge in [-0.15, -0.1) is 0 Å². The second-order valence-corrected chi connectivity index (χ2v) is 6.61. The Morgan fingerprint density at radius 2 is 1.68 bits per heavy atom. The predicted octanol–water partition coefficient (Wildman–Crippen LogP) is 3.51. The molecule has 1 aliphatic heterocycles. The number of benzene rings is 2. The molecule has 0 aromatic heterocycles. The SMILES string of the molecule is COc1ccc(/C(O)=C2\C(=O)C(=O)N(C)C2c2ccc(Br)cc2)cc1. The van der Waals surface area contributed by atoms with Gasteiger partial charge in [-0.05, 0) is 42.0 Å². The number of hydrogen-bond acceptors (Lipinski definition) is 4. The van der Waals surface area contributed by atoms with Gasteiger partial charge in [-0.1, -0.05) is 28.1 Å². The summed E-state index contributed by atoms with van der Waals surface area (Å²) in [7, 11) is 3.10. The van der Waals surface area contributed by atoms with E-state index in [0.717, 1.165) is 10.0 Å². The third-order valence-corrected chi connectivity index (χ3v) is 4.75. The van der Waals surface area contributed by atoms with Crippen LogP contribution >= 0.6 is 15.9 Å². The van der Waals surface area contributed by atoms with Crippen molar-refractivity contribution in [2.24, 2.45) is 0 Å². The number of ketones is 1. The second-order valence-electron chi connectivity index (χ2n) is 5.69. The van der Waals surface area contributed by atoms with Gasteiger partial charge in [0.15, 0.2) is 0 Å². The average molecular weight is 402 g/mol. The number of hydrogen-bond donors (Lipinski definition) is 1. The zero-order chi connectivity index (χ0) is 18.1. The summed E-state index contributed by atoms with van der Waals surface area (Å²) in [5.41, 5.74) is 1.29. The van der Waals surface area contributed by atoms with E-state index in [1.54, 1.807) is 38.4 Å². The Kier molecular flexibility index (Phi) is 4.63. The summed E-state index contributed by atoms with van der Waals surface area (Å²) < 4.78 is 5.99. The topological polar surface area (TPSA) is 66.8 Å². The first-order chi connectivity index (χ1) is 11.9. The maximum absolute atomic E-state index is 12.5. The Morgan fingerprint density at radius 3 is 2.24 bits per heavy atom. The predicted molar refractivity (Wildman–Crippen MR) is 97.2 cm³/mol. The molecular weight excluding hydrogens is 386 g/mol. The van der Waals surface area contributed by atoms with E-state index in [9.17, 15) is 14.7 Å². The highest BCUT2D eigenvalue weighted by Crippen LogP contribution is 2.38. The van der Waals surface area contributed by atoms with E-state index in [1.807, 2.05) is 24.3 Å². The molecule has 0 radical (unpaired) electrons. The molecule has 1 unspecified atom stereocenters. The van der Waals surface area contributed by atoms with Crippen molar-refractivity contribution in [3.63, 3.8) is 0 Å². The van der Waals surface area contributed by atoms with Crippen LogP contribution in [0.1, 0.15) is 17.2 Å². The first kappa shape index (κ1) is 17.2. The van der Waals surface area contributed by atoms with Gasteiger partial charge in [-0.3, -0.25) is 9.59 Å². The molecule has 1 amide bonds. The van der Waals surface area contributed by atoms with Crippen molar-refractivity contribution in [1.82, 2.24) is 4.90 Å². The van der Waals surface area contributed by atoms with Crippen LogP contribution in [0.25, 0.3) is 5.76 Å². The third kappa shape index (κ3) is 3.05. The molecule has 0 bridgehead atoms. The van der Waals surface area contributed by atoms with Crippen LogP contribution in [0.3, 0.4) is 0 Å². The van der Waals surface area contributed by atoms with Crippen molar-refractivity contribution < 1.29 is 19.4 Å². The molecule has 2 aromatic rings. The Labute approximate surface area is 153 Å². The van der Waals surface area contributed by atoms with Gasteiger partial charge in [0.05, 0.1) is 18.7 Å². The summed E-state index contributed by atoms with van der Waals surface area (Å²) in [6, 6.07) is 13.3. The Balaban J connectivity index is 2.12. The van der Waals surface area contributed by atoms with E-state index in [4.69, 9.17) is 4.74 Å². The van der Waals surface area contributed by atoms with E-state index in [1.165, 1.54) is 4.90 Å². The summed E-state index contributed by atoms with van der Waals surface area (Å²) in [6.07, 6.45) is 0. The van der Waals surface area contributed by atoms with Gasteiger partial charge in [0.1, 0.15) is 11.5 Å². The van der Waals surface area contributed by atoms with E-state index < -0.39 is 17.7 Å². The van der Waals surface area contributed by atoms with Crippen LogP contribution < -0.4 is 4.74 Å². The number of likely N-dealkylation sites (tertiary alicyclic amines) is 1. The summed E-state index contributed by atoms with van der Waals surface area (Å²) in [5.74, 6) is -0.887. The number of halogens is 1. The molecule has 0 saturated carbocycles. The fraction of sp³-hybridized carbons (Fsp3) is 0.158. The van der Waals surface area contributed by atoms with Crippen molar-refractivity contribution in [3.8, 4) is 5.75 Å². The van der Waals surface area contributed by atoms with E-state index in [2.05, 4.69) is 15.9 Å². The molecule has 128 valence electrons. The van der Waals surface area contributed by atoms with Crippen molar-refractivity contribution in [3.05, 3.63) is 69.7 Å². The molecule has 5 nitrogen and oxygen atoms in total. The van der Waals surface area contributed by atoms with Crippen LogP contribution in [0.5, 0.6) is 5.75 Å². The van der Waals surface area contributed by atoms with Gasteiger partial charge in [0, 0.05) is 17.1 Å². The molecule has 0 aliphatic carbocycles. The normalized spacial score (nSPS) is 19.3. The van der Waals surface area contributed by atoms with Gasteiger partial charge in [-0.2, -0.15) is 0 Å². The summed E-state index contributed by atoms with van der Waals surface area (Å²) in [5, 5.41) is 10.7. The number of amides is 1. The minimum absolute atomic E-state index is 0.0833. The lowest BCUT2D eigenvalue weighted by molar-refractivity contribution is -0.139. The molecule has 1 aliphatic rings. The van der Waals surface area contributed by atoms with Gasteiger partial charge in [0.25, 0.3) is 11.7 Å². The zero-order valence-electron chi connectivity index (χ0n) is 13.7. The molecular formula is C19H16BrNO4. The molecule has 1 N–H and O–H groups in total. The lowest BCUT2D eigenvalue weighted by atomic mass is 9.95. The number of carbonyl (C=O) groups is 2. The first-order valence-corrected chi connectivity index (χ1v) is 8.38. The summed E-state index contributed by atoms with van der Waals surface area (Å²) >= 11 is 3.37. The minimum atomic E-state index is -0.691. The number of likely N-dealkylation sites (N-methyl/N-ethyl adjacent to an activating group) is 1. The van der Waals surface area contributed by atoms with Gasteiger partial charge in [-0.25, -0.2) is 0 Å². The number of ether oxygens (including phenoxy) is 1. The Bertz CT molecular complexity index is 856. The van der Waals surface area contributed by atoms with Crippen molar-refractivity contribution >= 4 is 33.4 Å². The highest BCUT2D eigenvalue weighted by atomic mass is 79.9. The van der Waals surface area contributed by atoms with Crippen LogP contribution in [0.15, 0.2) is 58.6 Å². The molecule has 2 aromatic carbocycles. The fourth-order valence-electron chi connectivity index (χ4n) is 2.89. The molecule has 6 heteroatoms. The standard InChI is InChI=1S/C19H16BrNO4/c1-21-16(11-3-7-13(20)8-4-11)15(18(23)19(21)24)17(22)12-5-9-14(25-2)10-6-12/h3-10,16,22H,1-2H3/b17-15+. The number of methoxy groups -OCH3 is 1. The average Bonchev–Trinajstić information content (AvgIpc) is 2.86. The monoisotopic (exact) mass is 401 g/mol. The number of aliphatic hydroxyl groups is 1. The van der Waals surface area contributed by atoms with Gasteiger partial charge < -0.3 is 14.7 Å². The van der Waals surface area contributed by atoms with Gasteiger partial charge in [0.2, 0.25) is 0 Å². The number of carbonyl (C=O) groups excluding carboxylic acids is 2. The highest BCUT2D eigenvalue weighted by Gasteiger charge is 2.44. The van der Waals surface area contributed by atoms with Crippen LogP contribution in [0.2, 0.25) is 0 Å². The molecule has 1 heterocycles. The molecule has 1 atom stereocenters. The fourth-order valence-corrected chi connectivity index (χ4v) is 3.15. The van der Waals surface area contributed by atoms with Crippen molar-refractivity contribution in [2.75, 3.05) is 14.2 Å². The molecule has 1 fully saturated rings. The van der Waals surface area contributed by atoms with Crippen LogP contribution in [0.4, 0.5) is 0 Å². The molecule has 0 spiro atoms. The molecule has 1 saturated heterocycles. The smallest absolute Gasteiger partial charge is 0.295 e. The maximum Gasteiger partial charge on any atom is 0.295 e. The zero-order valence-corrected chi connectivity index (χ0v) is 15.3. The largest absolute Gasteiger partial charge is 0.507 e. The van der Waals surface area contributed by atoms with Crippen LogP contribution in [-0.2, 0) is 9.59 Å². The number of aliphatic hydroxyl groups excluding tert-OH is 1. The number of Topliss-reactive ketones (excluding diaryl/α,β-unsaturated/α-hetero) is 1. The van der Waals surface area contributed by atoms with Gasteiger partial charge >= 0.3 is 0 Å². The Morgan fingerprint density at radius 1 is 1.08 bits per heavy atom. The van der Waals surface area contributed by atoms with Crippen molar-refractivity contribution in [2.45, 2.75) is 6.04 Å². The molecule has 3 rings (SSSR count). The lowest BCUT2D eigenvalue weighted by Crippen LogP contribution is -2.24. The number of nitrogens with zero attached hydrogens (tertiary/aromatic N) is 1. The third-order valence-electron chi connectivity index (χ3n) is 4.22. The van der Waals surface area contributed by atoms with E-state index >= 15 is 0 Å². The van der Waals surface area contributed by atoms with Crippen molar-refractivity contribution in [1.29, 1.82) is 0 Å². The van der Waals surface area contributed by atoms with E-state index in [-0.39, 0.29) is 11.3 Å². The Hall–Kier alpha value is -2.60. The van der Waals surface area contributed by atoms with E-state index in [0.29, 0.717) is 11.3 Å². The quantitative estimate of drug-likeness (QED) is 0.485. The second kappa shape index (κ2) is 6.72. The number of rotatable bonds is 3. The lowest BCUT2D eigenvalue weighted by Gasteiger charge is -2.21. The highest BCUT2D eigenvalue weighted by molar-refractivity contribution is 9.10. The summed E-state index contributed by atoms with van der Waals surface area (Å²) in [6.45, 7) is 0. The summed E-state index contributed by atoms with van der Waals surface area (Å²) in [4.78, 5) is 26.0. The maximum atomic E-state index is 12.5. The first-order valence-electron chi connectivity index (χ1n) is 7.58.